The molecule has 78 heavy (non-hydrogen) atoms. The predicted molar refractivity (Wildman–Crippen MR) is 296 cm³/mol. The number of benzene rings is 4. The number of phenolic OH excluding ortho intramolecular Hbond substituents is 1. The minimum absolute atomic E-state index is 0.0309. The lowest BCUT2D eigenvalue weighted by Gasteiger charge is -2.29. The molecule has 9 amide bonds. The summed E-state index contributed by atoms with van der Waals surface area (Å²) < 4.78 is 0. The average Bonchev–Trinajstić information content (AvgIpc) is 3.41. The van der Waals surface area contributed by atoms with Crippen LogP contribution in [0.25, 0.3) is 0 Å². The molecule has 0 bridgehead atoms. The van der Waals surface area contributed by atoms with E-state index in [1.54, 1.807) is 54.6 Å². The fourth-order valence-electron chi connectivity index (χ4n) is 7.84. The monoisotopic (exact) mass is 1130 g/mol. The number of hydrogen-bond donors (Lipinski definition) is 12. The molecule has 16 N–H and O–H groups in total. The Hall–Kier alpha value is -7.35. The van der Waals surface area contributed by atoms with Crippen molar-refractivity contribution < 1.29 is 53.4 Å². The number of carbonyl (C=O) groups is 9. The van der Waals surface area contributed by atoms with E-state index in [1.807, 2.05) is 0 Å². The Kier molecular flexibility index (Phi) is 24.1. The number of aromatic hydroxyl groups is 1. The van der Waals surface area contributed by atoms with Gasteiger partial charge in [0.25, 0.3) is 11.8 Å². The first-order valence-electron chi connectivity index (χ1n) is 24.8. The molecule has 416 valence electrons. The number of phenols is 1. The Morgan fingerprint density at radius 1 is 0.692 bits per heavy atom. The van der Waals surface area contributed by atoms with Gasteiger partial charge in [-0.1, -0.05) is 99.9 Å². The Labute approximate surface area is 463 Å². The molecule has 0 aromatic heterocycles. The van der Waals surface area contributed by atoms with E-state index in [0.29, 0.717) is 33.7 Å². The van der Waals surface area contributed by atoms with Crippen molar-refractivity contribution >= 4 is 92.1 Å². The number of nitrogens with one attached hydrogen (secondary N) is 6. The van der Waals surface area contributed by atoms with Gasteiger partial charge >= 0.3 is 0 Å². The maximum absolute atomic E-state index is 14.7. The number of primary amides is 2. The van der Waals surface area contributed by atoms with Crippen LogP contribution in [0, 0.1) is 0 Å². The third-order valence-corrected chi connectivity index (χ3v) is 14.9. The summed E-state index contributed by atoms with van der Waals surface area (Å²) in [5.74, 6) is -8.90. The third kappa shape index (κ3) is 19.6. The molecule has 22 nitrogen and oxygen atoms in total. The van der Waals surface area contributed by atoms with Crippen LogP contribution in [-0.2, 0) is 64.0 Å². The number of unbranched alkanes of at least 4 members (excludes halogenated alkanes) is 1. The summed E-state index contributed by atoms with van der Waals surface area (Å²) in [6, 6.07) is 16.3. The summed E-state index contributed by atoms with van der Waals surface area (Å²) in [6.45, 7) is 1.42. The maximum atomic E-state index is 14.7. The Bertz CT molecular complexity index is 2780. The molecule has 1 saturated heterocycles. The van der Waals surface area contributed by atoms with E-state index in [2.05, 4.69) is 36.9 Å². The van der Waals surface area contributed by atoms with E-state index < -0.39 is 102 Å². The summed E-state index contributed by atoms with van der Waals surface area (Å²) >= 11 is 6.07. The van der Waals surface area contributed by atoms with Crippen molar-refractivity contribution in [3.05, 3.63) is 136 Å². The number of nitrogens with two attached hydrogens (primary N) is 4. The number of aliphatic hydroxyl groups excluding tert-OH is 1. The first-order chi connectivity index (χ1) is 37.2. The highest BCUT2D eigenvalue weighted by molar-refractivity contribution is 8.76. The van der Waals surface area contributed by atoms with Gasteiger partial charge < -0.3 is 65.0 Å². The molecule has 1 aliphatic heterocycles. The van der Waals surface area contributed by atoms with E-state index in [9.17, 15) is 53.4 Å². The Morgan fingerprint density at radius 3 is 1.82 bits per heavy atom. The second kappa shape index (κ2) is 30.6. The zero-order valence-electron chi connectivity index (χ0n) is 42.5. The van der Waals surface area contributed by atoms with Crippen molar-refractivity contribution in [2.45, 2.75) is 100 Å². The molecular formula is C53H64ClN11O11S2. The van der Waals surface area contributed by atoms with Gasteiger partial charge in [0.1, 0.15) is 47.7 Å². The van der Waals surface area contributed by atoms with E-state index in [-0.39, 0.29) is 73.6 Å². The fourth-order valence-corrected chi connectivity index (χ4v) is 10.3. The Morgan fingerprint density at radius 2 is 1.24 bits per heavy atom. The van der Waals surface area contributed by atoms with Crippen LogP contribution in [-0.4, -0.2) is 136 Å². The molecule has 4 aromatic rings. The van der Waals surface area contributed by atoms with Crippen LogP contribution in [0.15, 0.2) is 108 Å². The molecule has 4 aromatic carbocycles. The second-order valence-electron chi connectivity index (χ2n) is 18.4. The molecule has 8 atom stereocenters. The molecule has 1 heterocycles. The minimum atomic E-state index is -1.76. The number of amides is 9. The van der Waals surface area contributed by atoms with Crippen LogP contribution in [0.1, 0.15) is 58.8 Å². The highest BCUT2D eigenvalue weighted by Gasteiger charge is 2.36. The van der Waals surface area contributed by atoms with Crippen LogP contribution in [0.4, 0.5) is 0 Å². The van der Waals surface area contributed by atoms with E-state index in [0.717, 1.165) is 21.6 Å². The van der Waals surface area contributed by atoms with Gasteiger partial charge in [0.15, 0.2) is 0 Å². The number of aliphatic imine (C=N–C) groups is 1. The number of nitrogens with zero attached hydrogens (tertiary/aromatic N) is 1. The van der Waals surface area contributed by atoms with Gasteiger partial charge in [-0.15, -0.1) is 0 Å². The van der Waals surface area contributed by atoms with Crippen molar-refractivity contribution in [2.75, 3.05) is 18.1 Å². The van der Waals surface area contributed by atoms with Gasteiger partial charge in [0, 0.05) is 41.4 Å². The van der Waals surface area contributed by atoms with Crippen LogP contribution in [0.3, 0.4) is 0 Å². The van der Waals surface area contributed by atoms with Gasteiger partial charge in [0.2, 0.25) is 41.4 Å². The van der Waals surface area contributed by atoms with Crippen molar-refractivity contribution in [1.29, 1.82) is 0 Å². The average molecular weight is 1130 g/mol. The summed E-state index contributed by atoms with van der Waals surface area (Å²) in [6.07, 6.45) is -1.56. The standard InChI is InChI=1S/C53H64ClN11O11S2/c1-29(66)44-53(76)64-43(51(74)60-39(46(58)69)24-30-7-3-2-4-8-30)28-78-77-27-42(63-47(70)37(56)23-31-12-18-35(54)19-13-31)52(75)62-41(26-33-14-20-36(67)21-15-33)50(73)61-40(25-32-10-16-34(17-11-32)45(57)68)49(72)59-38(48(71)65-44)9-5-6-22-55/h2-4,7-8,10-21,29,37-38,40-44,66-67H,5-6,9,22-28,55-56H2,1H3,(H2,57,68)(H2,58,69)(H,59,72)(H,61,73)(H,62,75)(H,63,70)(H,64,76)(H,65,71)/b60-39+/t29-,37+,38+,40-,41+,42-,43+,44+/m1/s1. The van der Waals surface area contributed by atoms with Gasteiger partial charge in [-0.3, -0.25) is 43.2 Å². The summed E-state index contributed by atoms with van der Waals surface area (Å²) in [7, 11) is 1.90. The van der Waals surface area contributed by atoms with Gasteiger partial charge in [-0.2, -0.15) is 0 Å². The third-order valence-electron chi connectivity index (χ3n) is 12.2. The van der Waals surface area contributed by atoms with Crippen LogP contribution < -0.4 is 54.8 Å². The summed E-state index contributed by atoms with van der Waals surface area (Å²) in [4.78, 5) is 129. The topological polar surface area (TPSA) is 383 Å². The predicted octanol–water partition coefficient (Wildman–Crippen LogP) is 0.00890. The highest BCUT2D eigenvalue weighted by atomic mass is 35.5. The SMILES string of the molecule is C[C@@H](O)[C@@H]1NC(=O)[C@H](CCCCN)NC(=O)[C@@H](Cc2ccc(C(N)=O)cc2)NC(=O)[C@H](Cc2ccc(O)cc2)NC(=O)[C@H](NC(=O)[C@@H](N)Cc2ccc(Cl)cc2)CSSC[C@@H](C(=O)/N=C(\Cc2ccccc2)C(N)=O)NC1=O. The fraction of sp³-hybridized carbons (Fsp3) is 0.358. The van der Waals surface area contributed by atoms with E-state index in [4.69, 9.17) is 34.5 Å². The molecule has 25 heteroatoms. The molecule has 1 aliphatic rings. The number of aliphatic hydroxyl groups is 1. The molecular weight excluding hydrogens is 1070 g/mol. The number of hydrogen-bond acceptors (Lipinski definition) is 15. The summed E-state index contributed by atoms with van der Waals surface area (Å²) in [5.41, 5.74) is 25.2. The summed E-state index contributed by atoms with van der Waals surface area (Å²) in [5, 5.41) is 37.3. The van der Waals surface area contributed by atoms with Crippen molar-refractivity contribution in [3.8, 4) is 5.75 Å². The molecule has 0 spiro atoms. The largest absolute Gasteiger partial charge is 0.508 e. The minimum Gasteiger partial charge on any atom is -0.508 e. The number of halogens is 1. The van der Waals surface area contributed by atoms with Crippen molar-refractivity contribution in [1.82, 2.24) is 31.9 Å². The van der Waals surface area contributed by atoms with Crippen LogP contribution in [0.2, 0.25) is 5.02 Å². The number of rotatable bonds is 18. The molecule has 0 radical (unpaired) electrons. The smallest absolute Gasteiger partial charge is 0.269 e. The van der Waals surface area contributed by atoms with Crippen LogP contribution in [0.5, 0.6) is 5.75 Å². The first-order valence-corrected chi connectivity index (χ1v) is 27.6. The molecule has 0 unspecified atom stereocenters. The van der Waals surface area contributed by atoms with Crippen LogP contribution >= 0.6 is 33.2 Å². The number of carbonyl (C=O) groups excluding carboxylic acids is 9. The van der Waals surface area contributed by atoms with E-state index >= 15 is 0 Å². The Balaban J connectivity index is 1.59. The van der Waals surface area contributed by atoms with Gasteiger partial charge in [-0.25, -0.2) is 4.99 Å². The molecule has 1 fully saturated rings. The van der Waals surface area contributed by atoms with E-state index in [1.165, 1.54) is 55.5 Å². The van der Waals surface area contributed by atoms with Gasteiger partial charge in [-0.05, 0) is 97.8 Å². The molecule has 5 rings (SSSR count). The quantitative estimate of drug-likeness (QED) is 0.0355. The zero-order chi connectivity index (χ0) is 56.9. The second-order valence-corrected chi connectivity index (χ2v) is 21.4. The van der Waals surface area contributed by atoms with Crippen molar-refractivity contribution in [2.24, 2.45) is 27.9 Å². The lowest BCUT2D eigenvalue weighted by atomic mass is 10.00. The van der Waals surface area contributed by atoms with Crippen molar-refractivity contribution in [3.63, 3.8) is 0 Å². The van der Waals surface area contributed by atoms with Gasteiger partial charge in [0.05, 0.1) is 12.1 Å². The zero-order valence-corrected chi connectivity index (χ0v) is 44.9. The molecule has 0 aliphatic carbocycles. The highest BCUT2D eigenvalue weighted by Crippen LogP contribution is 2.25. The molecule has 0 saturated carbocycles. The lowest BCUT2D eigenvalue weighted by molar-refractivity contribution is -0.136. The normalized spacial score (nSPS) is 21.0. The lowest BCUT2D eigenvalue weighted by Crippen LogP contribution is -2.61. The first kappa shape index (κ1) is 61.5. The maximum Gasteiger partial charge on any atom is 0.269 e.